The molecule has 7 heteroatoms. The number of likely N-dealkylation sites (tertiary alicyclic amines) is 1. The van der Waals surface area contributed by atoms with E-state index in [9.17, 15) is 4.79 Å². The van der Waals surface area contributed by atoms with Crippen LogP contribution < -0.4 is 4.74 Å². The highest BCUT2D eigenvalue weighted by molar-refractivity contribution is 5.92. The number of nitrogens with zero attached hydrogens (tertiary/aromatic N) is 3. The Hall–Kier alpha value is -2.41. The van der Waals surface area contributed by atoms with Crippen LogP contribution in [0.5, 0.6) is 5.88 Å². The summed E-state index contributed by atoms with van der Waals surface area (Å²) >= 11 is 0. The molecule has 7 nitrogen and oxygen atoms in total. The van der Waals surface area contributed by atoms with Crippen molar-refractivity contribution >= 4 is 5.91 Å². The Labute approximate surface area is 133 Å². The first-order chi connectivity index (χ1) is 11.3. The maximum atomic E-state index is 12.5. The first-order valence-corrected chi connectivity index (χ1v) is 7.56. The lowest BCUT2D eigenvalue weighted by atomic mass is 9.82. The molecule has 0 N–H and O–H groups in total. The lowest BCUT2D eigenvalue weighted by Gasteiger charge is -2.26. The van der Waals surface area contributed by atoms with Crippen LogP contribution in [0.4, 0.5) is 0 Å². The molecule has 0 radical (unpaired) electrons. The molecule has 2 fully saturated rings. The minimum Gasteiger partial charge on any atom is -0.477 e. The van der Waals surface area contributed by atoms with Gasteiger partial charge in [-0.1, -0.05) is 6.07 Å². The lowest BCUT2D eigenvalue weighted by Crippen LogP contribution is -2.38. The zero-order valence-electron chi connectivity index (χ0n) is 12.6. The molecule has 0 aliphatic carbocycles. The highest BCUT2D eigenvalue weighted by atomic mass is 16.5. The summed E-state index contributed by atoms with van der Waals surface area (Å²) in [7, 11) is 0. The smallest absolute Gasteiger partial charge is 0.275 e. The highest BCUT2D eigenvalue weighted by Gasteiger charge is 2.52. The molecule has 2 aromatic rings. The summed E-state index contributed by atoms with van der Waals surface area (Å²) in [5.74, 6) is 0.751. The molecule has 2 atom stereocenters. The number of oxazole rings is 1. The van der Waals surface area contributed by atoms with E-state index in [0.717, 1.165) is 0 Å². The third kappa shape index (κ3) is 2.57. The zero-order valence-corrected chi connectivity index (χ0v) is 12.6. The van der Waals surface area contributed by atoms with Crippen LogP contribution in [0.1, 0.15) is 10.5 Å². The third-order valence-corrected chi connectivity index (χ3v) is 4.61. The van der Waals surface area contributed by atoms with Gasteiger partial charge >= 0.3 is 0 Å². The number of pyridine rings is 1. The average Bonchev–Trinajstić information content (AvgIpc) is 3.29. The Balaban J connectivity index is 1.47. The molecule has 4 heterocycles. The molecule has 23 heavy (non-hydrogen) atoms. The number of hydrogen-bond donors (Lipinski definition) is 0. The first-order valence-electron chi connectivity index (χ1n) is 7.56. The van der Waals surface area contributed by atoms with Crippen LogP contribution in [0.25, 0.3) is 0 Å². The number of fused-ring (bicyclic) bond motifs is 1. The summed E-state index contributed by atoms with van der Waals surface area (Å²) in [4.78, 5) is 22.4. The third-order valence-electron chi connectivity index (χ3n) is 4.61. The summed E-state index contributed by atoms with van der Waals surface area (Å²) < 4.78 is 16.4. The molecule has 1 amide bonds. The molecule has 2 aliphatic heterocycles. The van der Waals surface area contributed by atoms with Crippen molar-refractivity contribution in [3.05, 3.63) is 42.7 Å². The van der Waals surface area contributed by atoms with E-state index in [-0.39, 0.29) is 17.2 Å². The maximum absolute atomic E-state index is 12.5. The second-order valence-electron chi connectivity index (χ2n) is 6.09. The summed E-state index contributed by atoms with van der Waals surface area (Å²) in [6, 6.07) is 5.56. The van der Waals surface area contributed by atoms with Crippen LogP contribution in [-0.2, 0) is 4.74 Å². The van der Waals surface area contributed by atoms with Crippen molar-refractivity contribution in [1.29, 1.82) is 0 Å². The fourth-order valence-electron chi connectivity index (χ4n) is 3.32. The molecule has 0 aromatic carbocycles. The minimum atomic E-state index is -0.184. The molecule has 0 spiro atoms. The molecular formula is C16H17N3O4. The van der Waals surface area contributed by atoms with Gasteiger partial charge in [-0.3, -0.25) is 4.79 Å². The van der Waals surface area contributed by atoms with Crippen LogP contribution in [0.15, 0.2) is 41.5 Å². The van der Waals surface area contributed by atoms with Gasteiger partial charge in [0.1, 0.15) is 6.26 Å². The van der Waals surface area contributed by atoms with E-state index in [1.807, 2.05) is 23.1 Å². The fourth-order valence-corrected chi connectivity index (χ4v) is 3.32. The van der Waals surface area contributed by atoms with E-state index >= 15 is 0 Å². The van der Waals surface area contributed by atoms with E-state index in [2.05, 4.69) is 9.97 Å². The molecule has 2 aromatic heterocycles. The zero-order chi connectivity index (χ0) is 15.7. The quantitative estimate of drug-likeness (QED) is 0.845. The highest BCUT2D eigenvalue weighted by Crippen LogP contribution is 2.42. The second-order valence-corrected chi connectivity index (χ2v) is 6.09. The average molecular weight is 315 g/mol. The Morgan fingerprint density at radius 1 is 1.43 bits per heavy atom. The summed E-state index contributed by atoms with van der Waals surface area (Å²) in [6.07, 6.45) is 4.35. The summed E-state index contributed by atoms with van der Waals surface area (Å²) in [6.45, 7) is 2.96. The molecule has 2 aliphatic rings. The number of amides is 1. The number of aromatic nitrogens is 2. The van der Waals surface area contributed by atoms with E-state index in [0.29, 0.717) is 44.5 Å². The second kappa shape index (κ2) is 5.66. The van der Waals surface area contributed by atoms with Crippen molar-refractivity contribution in [2.45, 2.75) is 0 Å². The van der Waals surface area contributed by atoms with Crippen LogP contribution in [0.3, 0.4) is 0 Å². The SMILES string of the molecule is O=C(c1cocn1)N1C[C@@H]2COC[C@]2(COc2ccccn2)C1. The minimum absolute atomic E-state index is 0.106. The van der Waals surface area contributed by atoms with Crippen molar-refractivity contribution < 1.29 is 18.7 Å². The first kappa shape index (κ1) is 14.2. The Morgan fingerprint density at radius 2 is 2.39 bits per heavy atom. The fraction of sp³-hybridized carbons (Fsp3) is 0.438. The number of carbonyl (C=O) groups is 1. The van der Waals surface area contributed by atoms with E-state index < -0.39 is 0 Å². The van der Waals surface area contributed by atoms with E-state index in [1.54, 1.807) is 6.20 Å². The van der Waals surface area contributed by atoms with Gasteiger partial charge in [0, 0.05) is 31.3 Å². The largest absolute Gasteiger partial charge is 0.477 e. The van der Waals surface area contributed by atoms with E-state index in [1.165, 1.54) is 12.7 Å². The molecule has 2 saturated heterocycles. The van der Waals surface area contributed by atoms with Crippen molar-refractivity contribution in [2.24, 2.45) is 11.3 Å². The number of hydrogen-bond acceptors (Lipinski definition) is 6. The summed E-state index contributed by atoms with van der Waals surface area (Å²) in [5.41, 5.74) is 0.156. The van der Waals surface area contributed by atoms with Gasteiger partial charge in [0.05, 0.1) is 25.2 Å². The van der Waals surface area contributed by atoms with Crippen molar-refractivity contribution in [3.63, 3.8) is 0 Å². The van der Waals surface area contributed by atoms with Crippen LogP contribution in [0, 0.1) is 11.3 Å². The van der Waals surface area contributed by atoms with Gasteiger partial charge in [-0.15, -0.1) is 0 Å². The molecule has 120 valence electrons. The Kier molecular flexibility index (Phi) is 3.49. The van der Waals surface area contributed by atoms with Gasteiger partial charge in [0.15, 0.2) is 12.1 Å². The predicted molar refractivity (Wildman–Crippen MR) is 78.9 cm³/mol. The number of carbonyl (C=O) groups excluding carboxylic acids is 1. The molecule has 0 saturated carbocycles. The normalized spacial score (nSPS) is 26.3. The van der Waals surface area contributed by atoms with Crippen molar-refractivity contribution in [1.82, 2.24) is 14.9 Å². The molecule has 0 bridgehead atoms. The van der Waals surface area contributed by atoms with Gasteiger partial charge in [0.2, 0.25) is 5.88 Å². The number of rotatable bonds is 4. The maximum Gasteiger partial charge on any atom is 0.275 e. The van der Waals surface area contributed by atoms with E-state index in [4.69, 9.17) is 13.9 Å². The summed E-state index contributed by atoms with van der Waals surface area (Å²) in [5, 5.41) is 0. The van der Waals surface area contributed by atoms with Crippen molar-refractivity contribution in [2.75, 3.05) is 32.9 Å². The number of ether oxygens (including phenoxy) is 2. The Bertz CT molecular complexity index is 676. The van der Waals surface area contributed by atoms with Gasteiger partial charge in [0.25, 0.3) is 5.91 Å². The monoisotopic (exact) mass is 315 g/mol. The van der Waals surface area contributed by atoms with Crippen LogP contribution in [-0.4, -0.2) is 53.7 Å². The van der Waals surface area contributed by atoms with Crippen molar-refractivity contribution in [3.8, 4) is 5.88 Å². The van der Waals surface area contributed by atoms with Gasteiger partial charge < -0.3 is 18.8 Å². The lowest BCUT2D eigenvalue weighted by molar-refractivity contribution is 0.0651. The molecule has 4 rings (SSSR count). The van der Waals surface area contributed by atoms with Gasteiger partial charge in [-0.25, -0.2) is 9.97 Å². The predicted octanol–water partition coefficient (Wildman–Crippen LogP) is 1.24. The molecule has 0 unspecified atom stereocenters. The Morgan fingerprint density at radius 3 is 3.17 bits per heavy atom. The van der Waals surface area contributed by atoms with Crippen LogP contribution >= 0.6 is 0 Å². The van der Waals surface area contributed by atoms with Gasteiger partial charge in [-0.2, -0.15) is 0 Å². The topological polar surface area (TPSA) is 77.7 Å². The molecular weight excluding hydrogens is 298 g/mol. The van der Waals surface area contributed by atoms with Gasteiger partial charge in [-0.05, 0) is 6.07 Å². The standard InChI is InChI=1S/C16H17N3O4/c20-15(13-7-22-11-18-13)19-5-12-6-21-9-16(12,8-19)10-23-14-3-1-2-4-17-14/h1-4,7,11-12H,5-6,8-10H2/t12-,16+/m1/s1. The van der Waals surface area contributed by atoms with Crippen LogP contribution in [0.2, 0.25) is 0 Å².